The van der Waals surface area contributed by atoms with Crippen molar-refractivity contribution in [1.82, 2.24) is 9.97 Å². The summed E-state index contributed by atoms with van der Waals surface area (Å²) in [6.07, 6.45) is 3.84. The van der Waals surface area contributed by atoms with Crippen molar-refractivity contribution in [2.24, 2.45) is 0 Å². The predicted molar refractivity (Wildman–Crippen MR) is 117 cm³/mol. The maximum absolute atomic E-state index is 12.5. The molecule has 0 saturated heterocycles. The lowest BCUT2D eigenvalue weighted by Gasteiger charge is -2.11. The topological polar surface area (TPSA) is 147 Å². The van der Waals surface area contributed by atoms with E-state index in [1.807, 2.05) is 0 Å². The number of hydrogen-bond donors (Lipinski definition) is 3. The van der Waals surface area contributed by atoms with Crippen molar-refractivity contribution in [1.29, 1.82) is 0 Å². The normalized spacial score (nSPS) is 11.5. The van der Waals surface area contributed by atoms with Crippen molar-refractivity contribution in [3.63, 3.8) is 0 Å². The second-order valence-corrected chi connectivity index (χ2v) is 9.99. The lowest BCUT2D eigenvalue weighted by atomic mass is 10.1. The summed E-state index contributed by atoms with van der Waals surface area (Å²) in [7, 11) is -7.39. The van der Waals surface area contributed by atoms with Gasteiger partial charge >= 0.3 is 0 Å². The Kier molecular flexibility index (Phi) is 6.22. The summed E-state index contributed by atoms with van der Waals surface area (Å²) < 4.78 is 52.4. The van der Waals surface area contributed by atoms with Crippen molar-refractivity contribution in [3.05, 3.63) is 72.1 Å². The molecule has 0 fully saturated rings. The van der Waals surface area contributed by atoms with E-state index in [0.717, 1.165) is 6.26 Å². The van der Waals surface area contributed by atoms with Crippen molar-refractivity contribution >= 4 is 43.3 Å². The Morgan fingerprint density at radius 1 is 0.903 bits per heavy atom. The molecular formula is C19H19N5O5S2. The van der Waals surface area contributed by atoms with Crippen LogP contribution in [0.15, 0.2) is 65.8 Å². The smallest absolute Gasteiger partial charge is 0.264 e. The van der Waals surface area contributed by atoms with E-state index < -0.39 is 26.0 Å². The zero-order valence-corrected chi connectivity index (χ0v) is 18.2. The van der Waals surface area contributed by atoms with Gasteiger partial charge in [-0.1, -0.05) is 6.07 Å². The largest absolute Gasteiger partial charge is 0.322 e. The highest BCUT2D eigenvalue weighted by Gasteiger charge is 2.16. The van der Waals surface area contributed by atoms with Gasteiger partial charge in [0, 0.05) is 23.6 Å². The van der Waals surface area contributed by atoms with Crippen LogP contribution in [0.1, 0.15) is 15.9 Å². The molecule has 0 aliphatic rings. The van der Waals surface area contributed by atoms with Gasteiger partial charge in [-0.15, -0.1) is 0 Å². The van der Waals surface area contributed by atoms with Gasteiger partial charge in [-0.05, 0) is 55.0 Å². The molecule has 0 aliphatic carbocycles. The van der Waals surface area contributed by atoms with Crippen LogP contribution < -0.4 is 14.8 Å². The first kappa shape index (κ1) is 22.2. The number of aryl methyl sites for hydroxylation is 1. The molecule has 1 heterocycles. The maximum Gasteiger partial charge on any atom is 0.264 e. The molecule has 31 heavy (non-hydrogen) atoms. The fourth-order valence-corrected chi connectivity index (χ4v) is 4.10. The molecule has 3 aromatic rings. The Morgan fingerprint density at radius 3 is 2.16 bits per heavy atom. The molecule has 1 amide bonds. The summed E-state index contributed by atoms with van der Waals surface area (Å²) in [4.78, 5) is 20.1. The molecule has 0 radical (unpaired) electrons. The minimum absolute atomic E-state index is 0.0343. The highest BCUT2D eigenvalue weighted by Crippen LogP contribution is 2.20. The quantitative estimate of drug-likeness (QED) is 0.489. The Labute approximate surface area is 179 Å². The molecule has 2 aromatic carbocycles. The number of anilines is 3. The lowest BCUT2D eigenvalue weighted by molar-refractivity contribution is 0.102. The van der Waals surface area contributed by atoms with E-state index in [-0.39, 0.29) is 16.4 Å². The summed E-state index contributed by atoms with van der Waals surface area (Å²) in [5.74, 6) is -0.541. The molecule has 12 heteroatoms. The number of nitrogens with zero attached hydrogens (tertiary/aromatic N) is 2. The van der Waals surface area contributed by atoms with E-state index in [1.54, 1.807) is 25.1 Å². The number of sulfonamides is 2. The fraction of sp³-hybridized carbons (Fsp3) is 0.105. The lowest BCUT2D eigenvalue weighted by Crippen LogP contribution is -2.16. The molecule has 162 valence electrons. The third-order valence-corrected chi connectivity index (χ3v) is 5.94. The predicted octanol–water partition coefficient (Wildman–Crippen LogP) is 2.21. The monoisotopic (exact) mass is 461 g/mol. The molecular weight excluding hydrogens is 442 g/mol. The highest BCUT2D eigenvalue weighted by molar-refractivity contribution is 7.92. The van der Waals surface area contributed by atoms with Crippen LogP contribution >= 0.6 is 0 Å². The first-order chi connectivity index (χ1) is 14.5. The van der Waals surface area contributed by atoms with E-state index in [9.17, 15) is 21.6 Å². The van der Waals surface area contributed by atoms with E-state index >= 15 is 0 Å². The van der Waals surface area contributed by atoms with Crippen molar-refractivity contribution < 1.29 is 21.6 Å². The summed E-state index contributed by atoms with van der Waals surface area (Å²) in [5.41, 5.74) is 1.55. The van der Waals surface area contributed by atoms with Crippen LogP contribution in [-0.4, -0.2) is 39.0 Å². The number of hydrogen-bond acceptors (Lipinski definition) is 7. The number of aromatic nitrogens is 2. The van der Waals surface area contributed by atoms with Crippen molar-refractivity contribution in [3.8, 4) is 0 Å². The van der Waals surface area contributed by atoms with Crippen LogP contribution in [0.25, 0.3) is 0 Å². The Morgan fingerprint density at radius 2 is 1.55 bits per heavy atom. The van der Waals surface area contributed by atoms with Crippen LogP contribution in [0.2, 0.25) is 0 Å². The average molecular weight is 462 g/mol. The summed E-state index contributed by atoms with van der Waals surface area (Å²) in [5, 5.41) is 2.64. The van der Waals surface area contributed by atoms with Crippen molar-refractivity contribution in [2.45, 2.75) is 11.8 Å². The number of carbonyl (C=O) groups excluding carboxylic acids is 1. The number of benzene rings is 2. The SMILES string of the molecule is Cc1ccc(C(=O)Nc2ccc(S(=O)(=O)Nc3ncccn3)cc2)cc1NS(C)(=O)=O. The number of rotatable bonds is 7. The third-order valence-electron chi connectivity index (χ3n) is 4.01. The summed E-state index contributed by atoms with van der Waals surface area (Å²) in [6.45, 7) is 1.71. The molecule has 0 bridgehead atoms. The third kappa shape index (κ3) is 5.99. The molecule has 10 nitrogen and oxygen atoms in total. The van der Waals surface area contributed by atoms with Crippen LogP contribution in [0.3, 0.4) is 0 Å². The molecule has 3 N–H and O–H groups in total. The van der Waals surface area contributed by atoms with Gasteiger partial charge in [-0.2, -0.15) is 0 Å². The van der Waals surface area contributed by atoms with Crippen molar-refractivity contribution in [2.75, 3.05) is 21.0 Å². The Bertz CT molecular complexity index is 1310. The Balaban J connectivity index is 1.74. The van der Waals surface area contributed by atoms with Gasteiger partial charge in [0.15, 0.2) is 0 Å². The van der Waals surface area contributed by atoms with Gasteiger partial charge in [0.05, 0.1) is 16.8 Å². The minimum atomic E-state index is -3.89. The summed E-state index contributed by atoms with van der Waals surface area (Å²) >= 11 is 0. The number of amides is 1. The second-order valence-electron chi connectivity index (χ2n) is 6.56. The standard InChI is InChI=1S/C19H19N5O5S2/c1-13-4-5-14(12-17(13)23-30(2,26)27)18(25)22-15-6-8-16(9-7-15)31(28,29)24-19-20-10-3-11-21-19/h3-12,23H,1-2H3,(H,22,25)(H,20,21,24). The molecule has 0 unspecified atom stereocenters. The zero-order chi connectivity index (χ0) is 22.6. The molecule has 0 atom stereocenters. The molecule has 0 spiro atoms. The Hall–Kier alpha value is -3.51. The number of nitrogens with one attached hydrogen (secondary N) is 3. The van der Waals surface area contributed by atoms with Gasteiger partial charge in [-0.3, -0.25) is 9.52 Å². The zero-order valence-electron chi connectivity index (χ0n) is 16.5. The van der Waals surface area contributed by atoms with Gasteiger partial charge in [0.2, 0.25) is 16.0 Å². The van der Waals surface area contributed by atoms with Crippen LogP contribution in [-0.2, 0) is 20.0 Å². The van der Waals surface area contributed by atoms with Gasteiger partial charge in [0.1, 0.15) is 0 Å². The highest BCUT2D eigenvalue weighted by atomic mass is 32.2. The van der Waals surface area contributed by atoms with Crippen LogP contribution in [0.4, 0.5) is 17.3 Å². The minimum Gasteiger partial charge on any atom is -0.322 e. The summed E-state index contributed by atoms with van der Waals surface area (Å²) in [6, 6.07) is 11.7. The molecule has 0 aliphatic heterocycles. The van der Waals surface area contributed by atoms with Gasteiger partial charge in [-0.25, -0.2) is 31.5 Å². The van der Waals surface area contributed by atoms with E-state index in [0.29, 0.717) is 16.9 Å². The molecule has 1 aromatic heterocycles. The van der Waals surface area contributed by atoms with E-state index in [1.165, 1.54) is 42.7 Å². The molecule has 3 rings (SSSR count). The van der Waals surface area contributed by atoms with Gasteiger partial charge in [0.25, 0.3) is 15.9 Å². The average Bonchev–Trinajstić information content (AvgIpc) is 2.69. The molecule has 0 saturated carbocycles. The van der Waals surface area contributed by atoms with E-state index in [4.69, 9.17) is 0 Å². The first-order valence-electron chi connectivity index (χ1n) is 8.83. The number of carbonyl (C=O) groups is 1. The van der Waals surface area contributed by atoms with Gasteiger partial charge < -0.3 is 5.32 Å². The van der Waals surface area contributed by atoms with Crippen LogP contribution in [0.5, 0.6) is 0 Å². The van der Waals surface area contributed by atoms with Crippen LogP contribution in [0, 0.1) is 6.92 Å². The second kappa shape index (κ2) is 8.70. The first-order valence-corrected chi connectivity index (χ1v) is 12.2. The fourth-order valence-electron chi connectivity index (χ4n) is 2.52. The maximum atomic E-state index is 12.5. The van der Waals surface area contributed by atoms with E-state index in [2.05, 4.69) is 24.7 Å².